The van der Waals surface area contributed by atoms with Crippen LogP contribution < -0.4 is 4.74 Å². The summed E-state index contributed by atoms with van der Waals surface area (Å²) in [6.07, 6.45) is 0. The molecule has 2 N–H and O–H groups in total. The molecule has 0 spiro atoms. The number of carbonyl (C=O) groups excluding carboxylic acids is 1. The molecule has 0 radical (unpaired) electrons. The third-order valence-corrected chi connectivity index (χ3v) is 3.07. The van der Waals surface area contributed by atoms with E-state index in [0.717, 1.165) is 0 Å². The average Bonchev–Trinajstić information content (AvgIpc) is 2.67. The Labute approximate surface area is 118 Å². The number of nitrogens with one attached hydrogen (secondary N) is 1. The van der Waals surface area contributed by atoms with Crippen molar-refractivity contribution in [1.29, 1.82) is 0 Å². The lowest BCUT2D eigenvalue weighted by Crippen LogP contribution is -2.07. The van der Waals surface area contributed by atoms with Crippen LogP contribution in [0.5, 0.6) is 6.01 Å². The summed E-state index contributed by atoms with van der Waals surface area (Å²) in [4.78, 5) is 36.1. The zero-order valence-corrected chi connectivity index (χ0v) is 11.8. The van der Waals surface area contributed by atoms with Gasteiger partial charge in [-0.1, -0.05) is 32.5 Å². The van der Waals surface area contributed by atoms with Crippen molar-refractivity contribution in [3.05, 3.63) is 5.69 Å². The second-order valence-corrected chi connectivity index (χ2v) is 6.64. The second-order valence-electron chi connectivity index (χ2n) is 4.83. The summed E-state index contributed by atoms with van der Waals surface area (Å²) < 4.78 is 4.38. The van der Waals surface area contributed by atoms with Crippen molar-refractivity contribution in [2.45, 2.75) is 30.7 Å². The van der Waals surface area contributed by atoms with E-state index in [1.165, 1.54) is 11.8 Å². The Hall–Kier alpha value is -2.16. The summed E-state index contributed by atoms with van der Waals surface area (Å²) in [5.41, 5.74) is 0.0450. The minimum atomic E-state index is -1.26. The summed E-state index contributed by atoms with van der Waals surface area (Å²) in [5.74, 6) is -1.26. The van der Waals surface area contributed by atoms with Gasteiger partial charge in [0.15, 0.2) is 16.5 Å². The topological polar surface area (TPSA) is 118 Å². The zero-order chi connectivity index (χ0) is 14.9. The van der Waals surface area contributed by atoms with Crippen LogP contribution in [0.3, 0.4) is 0 Å². The van der Waals surface area contributed by atoms with E-state index in [-0.39, 0.29) is 34.1 Å². The lowest BCUT2D eigenvalue weighted by atomic mass is 10.3. The number of ether oxygens (including phenoxy) is 1. The molecule has 2 rings (SSSR count). The highest BCUT2D eigenvalue weighted by Gasteiger charge is 2.21. The Kier molecular flexibility index (Phi) is 3.62. The first-order chi connectivity index (χ1) is 9.30. The maximum atomic E-state index is 11.2. The van der Waals surface area contributed by atoms with Gasteiger partial charge in [0.25, 0.3) is 0 Å². The van der Waals surface area contributed by atoms with Crippen molar-refractivity contribution < 1.29 is 19.4 Å². The van der Waals surface area contributed by atoms with Crippen LogP contribution in [-0.4, -0.2) is 42.2 Å². The number of hydrogen-bond donors (Lipinski definition) is 2. The van der Waals surface area contributed by atoms with Gasteiger partial charge >= 0.3 is 18.5 Å². The quantitative estimate of drug-likeness (QED) is 0.643. The molecule has 0 aromatic carbocycles. The lowest BCUT2D eigenvalue weighted by Gasteiger charge is -2.14. The standard InChI is InChI=1S/C11H12N4O4S/c1-11(2,3)20-10-13-5-6(8(17)18)12-9(19-4-16)14-7(5)15-10/h4H,1-3H3,(H,17,18)(H,12,13,14,15). The average molecular weight is 296 g/mol. The predicted octanol–water partition coefficient (Wildman–Crippen LogP) is 1.48. The number of aromatic carboxylic acids is 1. The number of rotatable bonds is 4. The number of aromatic nitrogens is 4. The van der Waals surface area contributed by atoms with E-state index in [1.54, 1.807) is 0 Å². The zero-order valence-electron chi connectivity index (χ0n) is 11.0. The molecule has 2 heterocycles. The maximum Gasteiger partial charge on any atom is 0.357 e. The maximum absolute atomic E-state index is 11.2. The fraction of sp³-hybridized carbons (Fsp3) is 0.364. The Morgan fingerprint density at radius 1 is 1.35 bits per heavy atom. The van der Waals surface area contributed by atoms with Gasteiger partial charge in [-0.05, 0) is 0 Å². The number of nitrogens with zero attached hydrogens (tertiary/aromatic N) is 3. The monoisotopic (exact) mass is 296 g/mol. The lowest BCUT2D eigenvalue weighted by molar-refractivity contribution is -0.121. The van der Waals surface area contributed by atoms with E-state index in [1.807, 2.05) is 20.8 Å². The summed E-state index contributed by atoms with van der Waals surface area (Å²) in [5, 5.41) is 9.65. The van der Waals surface area contributed by atoms with Crippen molar-refractivity contribution in [2.75, 3.05) is 0 Å². The number of carbonyl (C=O) groups is 2. The van der Waals surface area contributed by atoms with Crippen LogP contribution in [-0.2, 0) is 4.79 Å². The molecule has 0 aliphatic heterocycles. The molecule has 2 aromatic rings. The highest BCUT2D eigenvalue weighted by atomic mass is 32.2. The van der Waals surface area contributed by atoms with Gasteiger partial charge in [-0.15, -0.1) is 0 Å². The smallest absolute Gasteiger partial charge is 0.357 e. The Morgan fingerprint density at radius 2 is 2.05 bits per heavy atom. The van der Waals surface area contributed by atoms with Gasteiger partial charge in [-0.25, -0.2) is 9.78 Å². The molecule has 106 valence electrons. The molecule has 0 aliphatic carbocycles. The van der Waals surface area contributed by atoms with Gasteiger partial charge in [0.1, 0.15) is 5.52 Å². The number of carboxylic acid groups (broad SMARTS) is 1. The number of hydrogen-bond acceptors (Lipinski definition) is 7. The van der Waals surface area contributed by atoms with Crippen molar-refractivity contribution in [3.8, 4) is 6.01 Å². The molecule has 2 aromatic heterocycles. The Balaban J connectivity index is 2.56. The number of H-pyrrole nitrogens is 1. The van der Waals surface area contributed by atoms with Gasteiger partial charge in [0.2, 0.25) is 0 Å². The molecule has 8 nitrogen and oxygen atoms in total. The van der Waals surface area contributed by atoms with Crippen LogP contribution in [0.1, 0.15) is 31.3 Å². The fourth-order valence-corrected chi connectivity index (χ4v) is 2.31. The molecule has 0 fully saturated rings. The second kappa shape index (κ2) is 5.08. The number of thioether (sulfide) groups is 1. The molecule has 0 bridgehead atoms. The van der Waals surface area contributed by atoms with Gasteiger partial charge in [0, 0.05) is 4.75 Å². The van der Waals surface area contributed by atoms with E-state index in [9.17, 15) is 9.59 Å². The Bertz CT molecular complexity index is 677. The van der Waals surface area contributed by atoms with Gasteiger partial charge in [-0.3, -0.25) is 4.79 Å². The molecule has 0 saturated carbocycles. The predicted molar refractivity (Wildman–Crippen MR) is 70.9 cm³/mol. The summed E-state index contributed by atoms with van der Waals surface area (Å²) >= 11 is 1.43. The largest absolute Gasteiger partial charge is 0.476 e. The molecule has 20 heavy (non-hydrogen) atoms. The first-order valence-corrected chi connectivity index (χ1v) is 6.42. The minimum Gasteiger partial charge on any atom is -0.476 e. The van der Waals surface area contributed by atoms with Crippen molar-refractivity contribution in [2.24, 2.45) is 0 Å². The summed E-state index contributed by atoms with van der Waals surface area (Å²) in [6, 6.07) is -0.344. The molecule has 0 amide bonds. The molecular weight excluding hydrogens is 284 g/mol. The van der Waals surface area contributed by atoms with Crippen molar-refractivity contribution in [3.63, 3.8) is 0 Å². The van der Waals surface area contributed by atoms with Gasteiger partial charge in [0.05, 0.1) is 0 Å². The molecule has 0 saturated heterocycles. The SMILES string of the molecule is CC(C)(C)Sc1nc2nc(OC=O)nc(C(=O)O)c2[nH]1. The van der Waals surface area contributed by atoms with Crippen LogP contribution in [0.4, 0.5) is 0 Å². The van der Waals surface area contributed by atoms with Crippen LogP contribution in [0.15, 0.2) is 5.16 Å². The number of carboxylic acids is 1. The molecule has 0 aliphatic rings. The van der Waals surface area contributed by atoms with E-state index in [4.69, 9.17) is 5.11 Å². The van der Waals surface area contributed by atoms with Gasteiger partial charge < -0.3 is 14.8 Å². The normalized spacial score (nSPS) is 11.6. The van der Waals surface area contributed by atoms with Crippen LogP contribution in [0.2, 0.25) is 0 Å². The van der Waals surface area contributed by atoms with Gasteiger partial charge in [-0.2, -0.15) is 9.97 Å². The highest BCUT2D eigenvalue weighted by Crippen LogP contribution is 2.31. The van der Waals surface area contributed by atoms with Crippen molar-refractivity contribution >= 4 is 35.4 Å². The van der Waals surface area contributed by atoms with Crippen molar-refractivity contribution in [1.82, 2.24) is 19.9 Å². The van der Waals surface area contributed by atoms with Crippen LogP contribution >= 0.6 is 11.8 Å². The number of fused-ring (bicyclic) bond motifs is 1. The van der Waals surface area contributed by atoms with E-state index < -0.39 is 5.97 Å². The van der Waals surface area contributed by atoms with E-state index in [0.29, 0.717) is 5.16 Å². The molecular formula is C11H12N4O4S. The first kappa shape index (κ1) is 14.3. The highest BCUT2D eigenvalue weighted by molar-refractivity contribution is 8.00. The third-order valence-electron chi connectivity index (χ3n) is 2.07. The van der Waals surface area contributed by atoms with E-state index >= 15 is 0 Å². The van der Waals surface area contributed by atoms with E-state index in [2.05, 4.69) is 24.7 Å². The molecule has 0 atom stereocenters. The number of aromatic amines is 1. The fourth-order valence-electron chi connectivity index (χ4n) is 1.44. The summed E-state index contributed by atoms with van der Waals surface area (Å²) in [7, 11) is 0. The Morgan fingerprint density at radius 3 is 2.60 bits per heavy atom. The summed E-state index contributed by atoms with van der Waals surface area (Å²) in [6.45, 7) is 6.12. The minimum absolute atomic E-state index is 0.104. The third kappa shape index (κ3) is 3.05. The van der Waals surface area contributed by atoms with Crippen LogP contribution in [0, 0.1) is 0 Å². The molecule has 0 unspecified atom stereocenters. The van der Waals surface area contributed by atoms with Crippen LogP contribution in [0.25, 0.3) is 11.2 Å². The first-order valence-electron chi connectivity index (χ1n) is 5.60. The number of imidazole rings is 1. The molecule has 9 heteroatoms.